The zero-order valence-electron chi connectivity index (χ0n) is 11.1. The van der Waals surface area contributed by atoms with Gasteiger partial charge in [-0.1, -0.05) is 12.1 Å². The quantitative estimate of drug-likeness (QED) is 0.685. The van der Waals surface area contributed by atoms with Crippen LogP contribution in [-0.2, 0) is 16.6 Å². The molecule has 0 bridgehead atoms. The molecule has 7 heteroatoms. The highest BCUT2D eigenvalue weighted by Crippen LogP contribution is 2.03. The van der Waals surface area contributed by atoms with Crippen molar-refractivity contribution in [2.24, 2.45) is 0 Å². The zero-order valence-corrected chi connectivity index (χ0v) is 11.9. The lowest BCUT2D eigenvalue weighted by molar-refractivity contribution is 0.390. The van der Waals surface area contributed by atoms with Gasteiger partial charge in [-0.3, -0.25) is 0 Å². The third kappa shape index (κ3) is 4.75. The maximum Gasteiger partial charge on any atom is 0.215 e. The van der Waals surface area contributed by atoms with Gasteiger partial charge in [-0.15, -0.1) is 0 Å². The normalized spacial score (nSPS) is 13.7. The molecule has 1 aromatic rings. The minimum Gasteiger partial charge on any atom is -0.361 e. The molecule has 18 heavy (non-hydrogen) atoms. The third-order valence-corrected chi connectivity index (χ3v) is 4.29. The lowest BCUT2D eigenvalue weighted by Gasteiger charge is -2.13. The Kier molecular flexibility index (Phi) is 5.77. The number of aromatic nitrogens is 1. The number of aryl methyl sites for hydroxylation is 1. The molecular formula is C11H21N3O3S. The first kappa shape index (κ1) is 15.1. The van der Waals surface area contributed by atoms with Crippen molar-refractivity contribution in [3.8, 4) is 0 Å². The van der Waals surface area contributed by atoms with Crippen LogP contribution in [0.15, 0.2) is 10.6 Å². The number of nitrogens with one attached hydrogen (secondary N) is 2. The molecule has 1 unspecified atom stereocenters. The van der Waals surface area contributed by atoms with Crippen LogP contribution in [0, 0.1) is 6.92 Å². The molecule has 1 rings (SSSR count). The van der Waals surface area contributed by atoms with Crippen molar-refractivity contribution in [1.29, 1.82) is 0 Å². The van der Waals surface area contributed by atoms with Crippen molar-refractivity contribution in [2.45, 2.75) is 39.0 Å². The van der Waals surface area contributed by atoms with E-state index in [-0.39, 0.29) is 6.54 Å². The van der Waals surface area contributed by atoms with Crippen LogP contribution in [0.3, 0.4) is 0 Å². The van der Waals surface area contributed by atoms with Crippen molar-refractivity contribution in [3.05, 3.63) is 17.5 Å². The lowest BCUT2D eigenvalue weighted by Crippen LogP contribution is -2.38. The Morgan fingerprint density at radius 3 is 2.78 bits per heavy atom. The van der Waals surface area contributed by atoms with Crippen molar-refractivity contribution >= 4 is 10.0 Å². The minimum atomic E-state index is -3.32. The molecule has 6 nitrogen and oxygen atoms in total. The van der Waals surface area contributed by atoms with Crippen molar-refractivity contribution in [1.82, 2.24) is 15.2 Å². The summed E-state index contributed by atoms with van der Waals surface area (Å²) in [6.07, 6.45) is 0.985. The fourth-order valence-corrected chi connectivity index (χ4v) is 2.38. The van der Waals surface area contributed by atoms with Crippen LogP contribution < -0.4 is 10.0 Å². The Bertz CT molecular complexity index is 456. The number of hydrogen-bond acceptors (Lipinski definition) is 5. The molecule has 0 aliphatic rings. The Hall–Kier alpha value is -0.920. The van der Waals surface area contributed by atoms with Crippen LogP contribution in [0.1, 0.15) is 31.7 Å². The summed E-state index contributed by atoms with van der Waals surface area (Å²) in [6.45, 7) is 6.92. The molecule has 0 aliphatic carbocycles. The molecule has 0 aliphatic heterocycles. The fraction of sp³-hybridized carbons (Fsp3) is 0.727. The van der Waals surface area contributed by atoms with Gasteiger partial charge >= 0.3 is 0 Å². The molecule has 104 valence electrons. The summed E-state index contributed by atoms with van der Waals surface area (Å²) in [7, 11) is -3.32. The standard InChI is InChI=1S/C11H21N3O3S/c1-4-5-12-7-10(3)18(15,16)13-8-11-6-9(2)17-14-11/h6,10,12-13H,4-5,7-8H2,1-3H3. The Morgan fingerprint density at radius 1 is 1.50 bits per heavy atom. The zero-order chi connectivity index (χ0) is 13.6. The minimum absolute atomic E-state index is 0.164. The summed E-state index contributed by atoms with van der Waals surface area (Å²) in [5.74, 6) is 0.668. The molecule has 1 heterocycles. The largest absolute Gasteiger partial charge is 0.361 e. The van der Waals surface area contributed by atoms with Gasteiger partial charge in [0.1, 0.15) is 5.76 Å². The second-order valence-corrected chi connectivity index (χ2v) is 6.49. The SMILES string of the molecule is CCCNCC(C)S(=O)(=O)NCc1cc(C)on1. The highest BCUT2D eigenvalue weighted by Gasteiger charge is 2.20. The number of rotatable bonds is 8. The van der Waals surface area contributed by atoms with E-state index in [9.17, 15) is 8.42 Å². The summed E-state index contributed by atoms with van der Waals surface area (Å²) >= 11 is 0. The van der Waals surface area contributed by atoms with Gasteiger partial charge in [0.05, 0.1) is 17.5 Å². The van der Waals surface area contributed by atoms with Gasteiger partial charge in [0.15, 0.2) is 0 Å². The van der Waals surface area contributed by atoms with Gasteiger partial charge in [-0.25, -0.2) is 13.1 Å². The van der Waals surface area contributed by atoms with Gasteiger partial charge in [0, 0.05) is 12.6 Å². The second-order valence-electron chi connectivity index (χ2n) is 4.31. The van der Waals surface area contributed by atoms with Crippen molar-refractivity contribution in [3.63, 3.8) is 0 Å². The lowest BCUT2D eigenvalue weighted by atomic mass is 10.4. The van der Waals surface area contributed by atoms with Crippen molar-refractivity contribution < 1.29 is 12.9 Å². The van der Waals surface area contributed by atoms with Crippen LogP contribution >= 0.6 is 0 Å². The van der Waals surface area contributed by atoms with Crippen LogP contribution in [0.4, 0.5) is 0 Å². The summed E-state index contributed by atoms with van der Waals surface area (Å²) in [5, 5.41) is 6.35. The molecule has 2 N–H and O–H groups in total. The highest BCUT2D eigenvalue weighted by atomic mass is 32.2. The van der Waals surface area contributed by atoms with E-state index in [0.717, 1.165) is 13.0 Å². The van der Waals surface area contributed by atoms with Crippen molar-refractivity contribution in [2.75, 3.05) is 13.1 Å². The monoisotopic (exact) mass is 275 g/mol. The molecule has 0 fully saturated rings. The molecule has 0 spiro atoms. The van der Waals surface area contributed by atoms with Gasteiger partial charge < -0.3 is 9.84 Å². The molecule has 1 aromatic heterocycles. The van der Waals surface area contributed by atoms with Crippen LogP contribution in [0.5, 0.6) is 0 Å². The Morgan fingerprint density at radius 2 is 2.22 bits per heavy atom. The molecule has 0 amide bonds. The molecule has 0 saturated heterocycles. The second kappa shape index (κ2) is 6.86. The average Bonchev–Trinajstić information content (AvgIpc) is 2.73. The van der Waals surface area contributed by atoms with E-state index >= 15 is 0 Å². The first-order valence-corrected chi connectivity index (χ1v) is 7.61. The van der Waals surface area contributed by atoms with Gasteiger partial charge in [0.2, 0.25) is 10.0 Å². The van der Waals surface area contributed by atoms with Crippen LogP contribution in [0.2, 0.25) is 0 Å². The van der Waals surface area contributed by atoms with E-state index in [1.807, 2.05) is 6.92 Å². The Balaban J connectivity index is 2.43. The van der Waals surface area contributed by atoms with E-state index in [2.05, 4.69) is 15.2 Å². The predicted octanol–water partition coefficient (Wildman–Crippen LogP) is 0.791. The first-order chi connectivity index (χ1) is 8.45. The maximum absolute atomic E-state index is 11.9. The molecule has 0 saturated carbocycles. The van der Waals surface area contributed by atoms with E-state index in [1.165, 1.54) is 0 Å². The van der Waals surface area contributed by atoms with Gasteiger partial charge in [-0.05, 0) is 26.8 Å². The summed E-state index contributed by atoms with van der Waals surface area (Å²) < 4.78 is 31.2. The van der Waals surface area contributed by atoms with E-state index in [0.29, 0.717) is 18.0 Å². The Labute approximate surface area is 108 Å². The smallest absolute Gasteiger partial charge is 0.215 e. The summed E-state index contributed by atoms with van der Waals surface area (Å²) in [5.41, 5.74) is 0.588. The van der Waals surface area contributed by atoms with Gasteiger partial charge in [-0.2, -0.15) is 0 Å². The first-order valence-electron chi connectivity index (χ1n) is 6.07. The predicted molar refractivity (Wildman–Crippen MR) is 69.6 cm³/mol. The number of hydrogen-bond donors (Lipinski definition) is 2. The topological polar surface area (TPSA) is 84.2 Å². The van der Waals surface area contributed by atoms with Crippen LogP contribution in [-0.4, -0.2) is 31.9 Å². The van der Waals surface area contributed by atoms with E-state index < -0.39 is 15.3 Å². The fourth-order valence-electron chi connectivity index (χ4n) is 1.41. The maximum atomic E-state index is 11.9. The van der Waals surface area contributed by atoms with Gasteiger partial charge in [0.25, 0.3) is 0 Å². The molecular weight excluding hydrogens is 254 g/mol. The van der Waals surface area contributed by atoms with E-state index in [4.69, 9.17) is 4.52 Å². The summed E-state index contributed by atoms with van der Waals surface area (Å²) in [6, 6.07) is 1.71. The molecule has 1 atom stereocenters. The summed E-state index contributed by atoms with van der Waals surface area (Å²) in [4.78, 5) is 0. The number of sulfonamides is 1. The molecule has 0 aromatic carbocycles. The molecule has 0 radical (unpaired) electrons. The number of nitrogens with zero attached hydrogens (tertiary/aromatic N) is 1. The third-order valence-electron chi connectivity index (χ3n) is 2.52. The van der Waals surface area contributed by atoms with E-state index in [1.54, 1.807) is 19.9 Å². The average molecular weight is 275 g/mol. The van der Waals surface area contributed by atoms with Crippen LogP contribution in [0.25, 0.3) is 0 Å². The highest BCUT2D eigenvalue weighted by molar-refractivity contribution is 7.90.